The fourth-order valence-corrected chi connectivity index (χ4v) is 2.79. The Morgan fingerprint density at radius 3 is 2.25 bits per heavy atom. The SMILES string of the molecule is CC(=O)Nc1ccc(N(C(=O)Cc2ccc(Cl)cc2)C2CC2)cc1. The van der Waals surface area contributed by atoms with Crippen LogP contribution in [-0.4, -0.2) is 17.9 Å². The molecular weight excluding hydrogens is 324 g/mol. The number of halogens is 1. The molecule has 0 spiro atoms. The monoisotopic (exact) mass is 342 g/mol. The van der Waals surface area contributed by atoms with Crippen LogP contribution in [-0.2, 0) is 16.0 Å². The lowest BCUT2D eigenvalue weighted by molar-refractivity contribution is -0.118. The minimum atomic E-state index is -0.111. The Morgan fingerprint density at radius 2 is 1.71 bits per heavy atom. The fraction of sp³-hybridized carbons (Fsp3) is 0.263. The van der Waals surface area contributed by atoms with Gasteiger partial charge in [-0.2, -0.15) is 0 Å². The van der Waals surface area contributed by atoms with Crippen molar-refractivity contribution in [3.05, 3.63) is 59.1 Å². The summed E-state index contributed by atoms with van der Waals surface area (Å²) in [5.41, 5.74) is 2.54. The Labute approximate surface area is 146 Å². The average molecular weight is 343 g/mol. The van der Waals surface area contributed by atoms with Crippen molar-refractivity contribution in [1.82, 2.24) is 0 Å². The number of rotatable bonds is 5. The van der Waals surface area contributed by atoms with E-state index in [1.807, 2.05) is 41.3 Å². The first kappa shape index (κ1) is 16.5. The minimum Gasteiger partial charge on any atom is -0.326 e. The highest BCUT2D eigenvalue weighted by Crippen LogP contribution is 2.33. The molecule has 4 nitrogen and oxygen atoms in total. The lowest BCUT2D eigenvalue weighted by Gasteiger charge is -2.23. The topological polar surface area (TPSA) is 49.4 Å². The van der Waals surface area contributed by atoms with E-state index in [1.165, 1.54) is 6.92 Å². The number of carbonyl (C=O) groups is 2. The van der Waals surface area contributed by atoms with Crippen molar-refractivity contribution >= 4 is 34.8 Å². The van der Waals surface area contributed by atoms with Crippen LogP contribution in [0.3, 0.4) is 0 Å². The van der Waals surface area contributed by atoms with E-state index in [0.717, 1.165) is 29.8 Å². The largest absolute Gasteiger partial charge is 0.326 e. The molecule has 1 fully saturated rings. The van der Waals surface area contributed by atoms with Gasteiger partial charge in [-0.05, 0) is 54.8 Å². The van der Waals surface area contributed by atoms with Gasteiger partial charge in [0, 0.05) is 29.4 Å². The first-order chi connectivity index (χ1) is 11.5. The van der Waals surface area contributed by atoms with Crippen LogP contribution in [0.15, 0.2) is 48.5 Å². The third-order valence-electron chi connectivity index (χ3n) is 3.92. The molecule has 0 heterocycles. The molecule has 124 valence electrons. The first-order valence-electron chi connectivity index (χ1n) is 7.97. The summed E-state index contributed by atoms with van der Waals surface area (Å²) in [7, 11) is 0. The molecule has 2 amide bonds. The molecule has 2 aromatic rings. The maximum Gasteiger partial charge on any atom is 0.231 e. The number of hydrogen-bond acceptors (Lipinski definition) is 2. The van der Waals surface area contributed by atoms with Crippen LogP contribution < -0.4 is 10.2 Å². The van der Waals surface area contributed by atoms with Crippen LogP contribution in [0.2, 0.25) is 5.02 Å². The molecule has 1 aliphatic carbocycles. The summed E-state index contributed by atoms with van der Waals surface area (Å²) in [6, 6.07) is 15.0. The maximum absolute atomic E-state index is 12.8. The quantitative estimate of drug-likeness (QED) is 0.891. The zero-order valence-corrected chi connectivity index (χ0v) is 14.2. The normalized spacial score (nSPS) is 13.4. The van der Waals surface area contributed by atoms with E-state index < -0.39 is 0 Å². The van der Waals surface area contributed by atoms with Gasteiger partial charge in [-0.3, -0.25) is 9.59 Å². The van der Waals surface area contributed by atoms with Crippen molar-refractivity contribution < 1.29 is 9.59 Å². The molecule has 0 bridgehead atoms. The van der Waals surface area contributed by atoms with Crippen LogP contribution >= 0.6 is 11.6 Å². The molecule has 0 atom stereocenters. The Kier molecular flexibility index (Phi) is 4.86. The highest BCUT2D eigenvalue weighted by molar-refractivity contribution is 6.30. The summed E-state index contributed by atoms with van der Waals surface area (Å²) in [5, 5.41) is 3.40. The Balaban J connectivity index is 1.75. The summed E-state index contributed by atoms with van der Waals surface area (Å²) in [6.07, 6.45) is 2.40. The highest BCUT2D eigenvalue weighted by atomic mass is 35.5. The van der Waals surface area contributed by atoms with Gasteiger partial charge in [-0.1, -0.05) is 23.7 Å². The number of hydrogen-bond donors (Lipinski definition) is 1. The second-order valence-electron chi connectivity index (χ2n) is 6.03. The minimum absolute atomic E-state index is 0.0760. The molecule has 0 radical (unpaired) electrons. The average Bonchev–Trinajstić information content (AvgIpc) is 3.36. The molecular formula is C19H19ClN2O2. The number of amides is 2. The van der Waals surface area contributed by atoms with Crippen LogP contribution in [0.1, 0.15) is 25.3 Å². The summed E-state index contributed by atoms with van der Waals surface area (Å²) in [6.45, 7) is 1.47. The summed E-state index contributed by atoms with van der Waals surface area (Å²) < 4.78 is 0. The zero-order chi connectivity index (χ0) is 17.1. The molecule has 2 aromatic carbocycles. The predicted molar refractivity (Wildman–Crippen MR) is 96.4 cm³/mol. The van der Waals surface area contributed by atoms with E-state index in [9.17, 15) is 9.59 Å². The standard InChI is InChI=1S/C19H19ClN2O2/c1-13(23)21-16-6-8-17(9-7-16)22(18-10-11-18)19(24)12-14-2-4-15(20)5-3-14/h2-9,18H,10-12H2,1H3,(H,21,23). The number of benzene rings is 2. The van der Waals surface area contributed by atoms with E-state index >= 15 is 0 Å². The summed E-state index contributed by atoms with van der Waals surface area (Å²) in [4.78, 5) is 25.7. The molecule has 3 rings (SSSR count). The summed E-state index contributed by atoms with van der Waals surface area (Å²) >= 11 is 5.89. The third-order valence-corrected chi connectivity index (χ3v) is 4.17. The van der Waals surface area contributed by atoms with Gasteiger partial charge in [0.05, 0.1) is 6.42 Å². The molecule has 24 heavy (non-hydrogen) atoms. The molecule has 0 aromatic heterocycles. The maximum atomic E-state index is 12.8. The van der Waals surface area contributed by atoms with Gasteiger partial charge in [0.15, 0.2) is 0 Å². The molecule has 0 unspecified atom stereocenters. The molecule has 1 N–H and O–H groups in total. The van der Waals surface area contributed by atoms with Crippen LogP contribution in [0.4, 0.5) is 11.4 Å². The lowest BCUT2D eigenvalue weighted by Crippen LogP contribution is -2.34. The highest BCUT2D eigenvalue weighted by Gasteiger charge is 2.33. The molecule has 1 saturated carbocycles. The van der Waals surface area contributed by atoms with E-state index in [0.29, 0.717) is 11.4 Å². The zero-order valence-electron chi connectivity index (χ0n) is 13.5. The molecule has 1 aliphatic rings. The van der Waals surface area contributed by atoms with Crippen molar-refractivity contribution in [3.63, 3.8) is 0 Å². The number of nitrogens with one attached hydrogen (secondary N) is 1. The molecule has 0 saturated heterocycles. The van der Waals surface area contributed by atoms with E-state index in [1.54, 1.807) is 12.1 Å². The number of anilines is 2. The van der Waals surface area contributed by atoms with Crippen molar-refractivity contribution in [3.8, 4) is 0 Å². The van der Waals surface area contributed by atoms with Gasteiger partial charge in [-0.15, -0.1) is 0 Å². The van der Waals surface area contributed by atoms with Crippen LogP contribution in [0, 0.1) is 0 Å². The Morgan fingerprint density at radius 1 is 1.08 bits per heavy atom. The predicted octanol–water partition coefficient (Wildman–Crippen LogP) is 4.04. The van der Waals surface area contributed by atoms with Crippen molar-refractivity contribution in [2.24, 2.45) is 0 Å². The third kappa shape index (κ3) is 4.15. The number of nitrogens with zero attached hydrogens (tertiary/aromatic N) is 1. The van der Waals surface area contributed by atoms with Crippen molar-refractivity contribution in [1.29, 1.82) is 0 Å². The lowest BCUT2D eigenvalue weighted by atomic mass is 10.1. The fourth-order valence-electron chi connectivity index (χ4n) is 2.66. The number of carbonyl (C=O) groups excluding carboxylic acids is 2. The second kappa shape index (κ2) is 7.05. The van der Waals surface area contributed by atoms with Crippen LogP contribution in [0.5, 0.6) is 0 Å². The smallest absolute Gasteiger partial charge is 0.231 e. The Hall–Kier alpha value is -2.33. The molecule has 5 heteroatoms. The van der Waals surface area contributed by atoms with Gasteiger partial charge in [0.25, 0.3) is 0 Å². The first-order valence-corrected chi connectivity index (χ1v) is 8.35. The molecule has 0 aliphatic heterocycles. The van der Waals surface area contributed by atoms with Gasteiger partial charge in [0.2, 0.25) is 11.8 Å². The summed E-state index contributed by atoms with van der Waals surface area (Å²) in [5.74, 6) is -0.0345. The van der Waals surface area contributed by atoms with Crippen molar-refractivity contribution in [2.45, 2.75) is 32.2 Å². The van der Waals surface area contributed by atoms with E-state index in [2.05, 4.69) is 5.32 Å². The van der Waals surface area contributed by atoms with Gasteiger partial charge in [-0.25, -0.2) is 0 Å². The Bertz CT molecular complexity index is 737. The van der Waals surface area contributed by atoms with E-state index in [4.69, 9.17) is 11.6 Å². The van der Waals surface area contributed by atoms with Gasteiger partial charge >= 0.3 is 0 Å². The van der Waals surface area contributed by atoms with Crippen molar-refractivity contribution in [2.75, 3.05) is 10.2 Å². The van der Waals surface area contributed by atoms with Gasteiger partial charge < -0.3 is 10.2 Å². The second-order valence-corrected chi connectivity index (χ2v) is 6.46. The van der Waals surface area contributed by atoms with E-state index in [-0.39, 0.29) is 17.9 Å². The van der Waals surface area contributed by atoms with Gasteiger partial charge in [0.1, 0.15) is 0 Å². The van der Waals surface area contributed by atoms with Crippen LogP contribution in [0.25, 0.3) is 0 Å².